The summed E-state index contributed by atoms with van der Waals surface area (Å²) in [6.45, 7) is 11.0. The van der Waals surface area contributed by atoms with Gasteiger partial charge in [0.2, 0.25) is 5.91 Å². The minimum absolute atomic E-state index is 0.0968. The predicted octanol–water partition coefficient (Wildman–Crippen LogP) is 6.63. The van der Waals surface area contributed by atoms with Gasteiger partial charge in [0.15, 0.2) is 0 Å². The number of aryl methyl sites for hydroxylation is 1. The number of fused-ring (bicyclic) bond motifs is 3. The molecule has 3 atom stereocenters. The summed E-state index contributed by atoms with van der Waals surface area (Å²) in [6.07, 6.45) is 6.05. The Hall–Kier alpha value is -2.95. The predicted molar refractivity (Wildman–Crippen MR) is 145 cm³/mol. The highest BCUT2D eigenvalue weighted by Gasteiger charge is 2.51. The Bertz CT molecular complexity index is 1250. The summed E-state index contributed by atoms with van der Waals surface area (Å²) in [5.41, 5.74) is 3.93. The highest BCUT2D eigenvalue weighted by molar-refractivity contribution is 5.87. The molecule has 1 aliphatic carbocycles. The molecule has 3 aromatic rings. The second-order valence-electron chi connectivity index (χ2n) is 12.0. The zero-order valence-corrected chi connectivity index (χ0v) is 22.6. The maximum atomic E-state index is 14.1. The van der Waals surface area contributed by atoms with E-state index in [-0.39, 0.29) is 22.7 Å². The van der Waals surface area contributed by atoms with Crippen molar-refractivity contribution < 1.29 is 14.3 Å². The zero-order valence-electron chi connectivity index (χ0n) is 22.6. The summed E-state index contributed by atoms with van der Waals surface area (Å²) in [5.74, 6) is 1.64. The van der Waals surface area contributed by atoms with Crippen LogP contribution in [-0.2, 0) is 11.3 Å². The number of carbonyl (C=O) groups is 1. The van der Waals surface area contributed by atoms with Crippen molar-refractivity contribution in [3.63, 3.8) is 0 Å². The fourth-order valence-electron chi connectivity index (χ4n) is 7.30. The molecule has 2 aromatic carbocycles. The molecular weight excluding hydrogens is 448 g/mol. The molecule has 2 fully saturated rings. The molecule has 5 nitrogen and oxygen atoms in total. The van der Waals surface area contributed by atoms with Gasteiger partial charge in [0.1, 0.15) is 11.5 Å². The van der Waals surface area contributed by atoms with Gasteiger partial charge in [0.25, 0.3) is 0 Å². The SMILES string of the molecule is CCn1cc([C@H](CC(=O)N2C[C@@]3(C)C[C@H]2CC(C)(C)C3)c2cc(OC)cc(OC)c2)c2ccccc21. The van der Waals surface area contributed by atoms with Crippen molar-refractivity contribution in [1.29, 1.82) is 0 Å². The van der Waals surface area contributed by atoms with Gasteiger partial charge in [-0.1, -0.05) is 39.0 Å². The molecule has 0 spiro atoms. The minimum atomic E-state index is -0.0968. The lowest BCUT2D eigenvalue weighted by Crippen LogP contribution is -2.38. The van der Waals surface area contributed by atoms with Crippen LogP contribution in [0.3, 0.4) is 0 Å². The van der Waals surface area contributed by atoms with Gasteiger partial charge in [-0.25, -0.2) is 0 Å². The Balaban J connectivity index is 1.57. The number of methoxy groups -OCH3 is 2. The fourth-order valence-corrected chi connectivity index (χ4v) is 7.30. The number of ether oxygens (including phenoxy) is 2. The second kappa shape index (κ2) is 9.17. The van der Waals surface area contributed by atoms with Crippen LogP contribution < -0.4 is 9.47 Å². The first-order valence-electron chi connectivity index (χ1n) is 13.3. The first-order chi connectivity index (χ1) is 17.1. The van der Waals surface area contributed by atoms with Gasteiger partial charge in [-0.2, -0.15) is 0 Å². The summed E-state index contributed by atoms with van der Waals surface area (Å²) in [5, 5.41) is 1.20. The Morgan fingerprint density at radius 2 is 1.75 bits per heavy atom. The van der Waals surface area contributed by atoms with Gasteiger partial charge in [0.05, 0.1) is 14.2 Å². The number of benzene rings is 2. The molecule has 5 rings (SSSR count). The van der Waals surface area contributed by atoms with E-state index in [1.807, 2.05) is 6.07 Å². The molecule has 1 saturated heterocycles. The highest BCUT2D eigenvalue weighted by Crippen LogP contribution is 2.53. The van der Waals surface area contributed by atoms with Crippen molar-refractivity contribution in [3.05, 3.63) is 59.8 Å². The molecule has 192 valence electrons. The van der Waals surface area contributed by atoms with E-state index in [2.05, 4.69) is 79.8 Å². The maximum Gasteiger partial charge on any atom is 0.223 e. The molecule has 1 aliphatic heterocycles. The van der Waals surface area contributed by atoms with E-state index in [1.54, 1.807) is 14.2 Å². The van der Waals surface area contributed by atoms with E-state index < -0.39 is 0 Å². The van der Waals surface area contributed by atoms with E-state index in [4.69, 9.17) is 9.47 Å². The Morgan fingerprint density at radius 3 is 2.42 bits per heavy atom. The first kappa shape index (κ1) is 24.7. The summed E-state index contributed by atoms with van der Waals surface area (Å²) >= 11 is 0. The number of hydrogen-bond acceptors (Lipinski definition) is 3. The van der Waals surface area contributed by atoms with Gasteiger partial charge < -0.3 is 18.9 Å². The third-order valence-corrected chi connectivity index (χ3v) is 8.43. The molecule has 0 radical (unpaired) electrons. The van der Waals surface area contributed by atoms with Crippen LogP contribution in [0.4, 0.5) is 0 Å². The number of aromatic nitrogens is 1. The van der Waals surface area contributed by atoms with Crippen molar-refractivity contribution in [1.82, 2.24) is 9.47 Å². The average Bonchev–Trinajstić information content (AvgIpc) is 3.35. The van der Waals surface area contributed by atoms with Gasteiger partial charge in [-0.3, -0.25) is 4.79 Å². The number of rotatable bonds is 7. The fraction of sp³-hybridized carbons (Fsp3) is 0.516. The second-order valence-corrected chi connectivity index (χ2v) is 12.0. The van der Waals surface area contributed by atoms with E-state index in [1.165, 1.54) is 22.9 Å². The smallest absolute Gasteiger partial charge is 0.223 e. The van der Waals surface area contributed by atoms with E-state index >= 15 is 0 Å². The van der Waals surface area contributed by atoms with Crippen molar-refractivity contribution in [3.8, 4) is 11.5 Å². The number of hydrogen-bond donors (Lipinski definition) is 0. The van der Waals surface area contributed by atoms with Gasteiger partial charge in [0, 0.05) is 54.6 Å². The lowest BCUT2D eigenvalue weighted by molar-refractivity contribution is -0.132. The number of nitrogens with zero attached hydrogens (tertiary/aromatic N) is 2. The molecule has 2 bridgehead atoms. The van der Waals surface area contributed by atoms with Crippen molar-refractivity contribution >= 4 is 16.8 Å². The van der Waals surface area contributed by atoms with Crippen LogP contribution >= 0.6 is 0 Å². The normalized spacial score (nSPS) is 23.6. The number of carbonyl (C=O) groups excluding carboxylic acids is 1. The van der Waals surface area contributed by atoms with E-state index in [9.17, 15) is 4.79 Å². The molecule has 1 aromatic heterocycles. The number of likely N-dealkylation sites (tertiary alicyclic amines) is 1. The lowest BCUT2D eigenvalue weighted by Gasteiger charge is -2.39. The molecule has 36 heavy (non-hydrogen) atoms. The van der Waals surface area contributed by atoms with Gasteiger partial charge in [-0.15, -0.1) is 0 Å². The van der Waals surface area contributed by atoms with Crippen molar-refractivity contribution in [2.45, 2.75) is 71.9 Å². The Morgan fingerprint density at radius 1 is 1.06 bits per heavy atom. The van der Waals surface area contributed by atoms with Gasteiger partial charge in [-0.05, 0) is 66.3 Å². The van der Waals surface area contributed by atoms with E-state index in [0.29, 0.717) is 12.5 Å². The standard InChI is InChI=1S/C31H40N2O3/c1-7-32-18-27(25-10-8-9-11-28(25)32)26(21-12-23(35-5)14-24(13-21)36-6)15-29(34)33-20-31(4)17-22(33)16-30(2,3)19-31/h8-14,18,22,26H,7,15-17,19-20H2,1-6H3/t22-,26-,31+/m1/s1. The van der Waals surface area contributed by atoms with Crippen LogP contribution in [0.2, 0.25) is 0 Å². The van der Waals surface area contributed by atoms with Crippen LogP contribution in [0.25, 0.3) is 10.9 Å². The molecule has 0 N–H and O–H groups in total. The molecule has 2 heterocycles. The van der Waals surface area contributed by atoms with Gasteiger partial charge >= 0.3 is 0 Å². The monoisotopic (exact) mass is 488 g/mol. The zero-order chi connectivity index (χ0) is 25.7. The van der Waals surface area contributed by atoms with Crippen LogP contribution in [0, 0.1) is 10.8 Å². The Kier molecular flexibility index (Phi) is 6.30. The summed E-state index contributed by atoms with van der Waals surface area (Å²) < 4.78 is 13.5. The van der Waals surface area contributed by atoms with Crippen LogP contribution in [0.5, 0.6) is 11.5 Å². The summed E-state index contributed by atoms with van der Waals surface area (Å²) in [6, 6.07) is 14.9. The van der Waals surface area contributed by atoms with E-state index in [0.717, 1.165) is 43.0 Å². The van der Waals surface area contributed by atoms with Crippen molar-refractivity contribution in [2.75, 3.05) is 20.8 Å². The molecular formula is C31H40N2O3. The van der Waals surface area contributed by atoms with Crippen molar-refractivity contribution in [2.24, 2.45) is 10.8 Å². The quantitative estimate of drug-likeness (QED) is 0.375. The third-order valence-electron chi connectivity index (χ3n) is 8.43. The lowest BCUT2D eigenvalue weighted by atomic mass is 9.65. The largest absolute Gasteiger partial charge is 0.497 e. The summed E-state index contributed by atoms with van der Waals surface area (Å²) in [7, 11) is 3.35. The third kappa shape index (κ3) is 4.49. The average molecular weight is 489 g/mol. The molecule has 1 amide bonds. The minimum Gasteiger partial charge on any atom is -0.497 e. The molecule has 1 saturated carbocycles. The molecule has 0 unspecified atom stereocenters. The maximum absolute atomic E-state index is 14.1. The van der Waals surface area contributed by atoms with Crippen LogP contribution in [-0.4, -0.2) is 42.2 Å². The van der Waals surface area contributed by atoms with Crippen LogP contribution in [0.15, 0.2) is 48.7 Å². The molecule has 2 aliphatic rings. The molecule has 5 heteroatoms. The topological polar surface area (TPSA) is 43.7 Å². The first-order valence-corrected chi connectivity index (χ1v) is 13.3. The summed E-state index contributed by atoms with van der Waals surface area (Å²) in [4.78, 5) is 16.3. The Labute approximate surface area is 215 Å². The highest BCUT2D eigenvalue weighted by atomic mass is 16.5. The van der Waals surface area contributed by atoms with Crippen LogP contribution in [0.1, 0.15) is 70.4 Å². The number of amides is 1. The number of para-hydroxylation sites is 1.